The summed E-state index contributed by atoms with van der Waals surface area (Å²) in [5.41, 5.74) is 0.201. The standard InChI is InChI=1S/C15H22ClN5O2/c1-14(2,3)23-13(22)20-5-6-21-10-7-11(16)18-19-12(10)17-8-15(21,4)9-20/h7H,5-6,8-9H2,1-4H3,(H,17,19). The third-order valence-electron chi connectivity index (χ3n) is 4.10. The van der Waals surface area contributed by atoms with E-state index in [0.29, 0.717) is 31.3 Å². The van der Waals surface area contributed by atoms with Crippen LogP contribution in [0.2, 0.25) is 5.15 Å². The second-order valence-electron chi connectivity index (χ2n) is 7.30. The number of carbonyl (C=O) groups excluding carboxylic acids is 1. The number of anilines is 2. The minimum atomic E-state index is -0.490. The second-order valence-corrected chi connectivity index (χ2v) is 7.69. The second kappa shape index (κ2) is 5.40. The Morgan fingerprint density at radius 2 is 2.13 bits per heavy atom. The van der Waals surface area contributed by atoms with Crippen LogP contribution in [0.15, 0.2) is 6.07 Å². The topological polar surface area (TPSA) is 70.6 Å². The van der Waals surface area contributed by atoms with Crippen molar-refractivity contribution in [2.75, 3.05) is 36.4 Å². The van der Waals surface area contributed by atoms with Gasteiger partial charge in [0.05, 0.1) is 11.2 Å². The van der Waals surface area contributed by atoms with Gasteiger partial charge in [0.25, 0.3) is 0 Å². The van der Waals surface area contributed by atoms with E-state index in [2.05, 4.69) is 27.3 Å². The smallest absolute Gasteiger partial charge is 0.410 e. The summed E-state index contributed by atoms with van der Waals surface area (Å²) in [5.74, 6) is 0.734. The number of carbonyl (C=O) groups is 1. The minimum absolute atomic E-state index is 0.242. The first kappa shape index (κ1) is 16.1. The summed E-state index contributed by atoms with van der Waals surface area (Å²) in [7, 11) is 0. The summed E-state index contributed by atoms with van der Waals surface area (Å²) in [4.78, 5) is 16.4. The molecule has 1 amide bonds. The van der Waals surface area contributed by atoms with Crippen LogP contribution >= 0.6 is 11.6 Å². The van der Waals surface area contributed by atoms with Crippen molar-refractivity contribution in [3.63, 3.8) is 0 Å². The molecule has 1 unspecified atom stereocenters. The van der Waals surface area contributed by atoms with Gasteiger partial charge in [-0.3, -0.25) is 0 Å². The normalized spacial score (nSPS) is 23.7. The fourth-order valence-electron chi connectivity index (χ4n) is 3.08. The molecular weight excluding hydrogens is 318 g/mol. The van der Waals surface area contributed by atoms with Gasteiger partial charge >= 0.3 is 6.09 Å². The van der Waals surface area contributed by atoms with E-state index in [1.807, 2.05) is 26.8 Å². The molecule has 23 heavy (non-hydrogen) atoms. The van der Waals surface area contributed by atoms with Gasteiger partial charge in [-0.2, -0.15) is 0 Å². The average Bonchev–Trinajstić information content (AvgIpc) is 2.44. The van der Waals surface area contributed by atoms with Crippen LogP contribution in [0.25, 0.3) is 0 Å². The molecule has 2 aliphatic rings. The van der Waals surface area contributed by atoms with Gasteiger partial charge in [0, 0.05) is 32.2 Å². The van der Waals surface area contributed by atoms with Gasteiger partial charge in [-0.05, 0) is 27.7 Å². The average molecular weight is 340 g/mol. The van der Waals surface area contributed by atoms with E-state index < -0.39 is 5.60 Å². The number of rotatable bonds is 0. The molecule has 7 nitrogen and oxygen atoms in total. The Labute approximate surface area is 140 Å². The molecule has 0 aromatic carbocycles. The van der Waals surface area contributed by atoms with Crippen LogP contribution in [-0.2, 0) is 4.74 Å². The molecule has 1 N–H and O–H groups in total. The third-order valence-corrected chi connectivity index (χ3v) is 4.28. The molecule has 126 valence electrons. The molecule has 3 heterocycles. The Hall–Kier alpha value is -1.76. The van der Waals surface area contributed by atoms with E-state index in [0.717, 1.165) is 11.5 Å². The Bertz CT molecular complexity index is 633. The lowest BCUT2D eigenvalue weighted by Gasteiger charge is -2.52. The quantitative estimate of drug-likeness (QED) is 0.782. The van der Waals surface area contributed by atoms with Gasteiger partial charge in [-0.15, -0.1) is 10.2 Å². The number of halogens is 1. The lowest BCUT2D eigenvalue weighted by Crippen LogP contribution is -2.66. The summed E-state index contributed by atoms with van der Waals surface area (Å²) in [6.07, 6.45) is -0.268. The maximum atomic E-state index is 12.4. The molecule has 1 saturated heterocycles. The molecule has 0 aliphatic carbocycles. The Morgan fingerprint density at radius 3 is 2.83 bits per heavy atom. The minimum Gasteiger partial charge on any atom is -0.444 e. The van der Waals surface area contributed by atoms with Crippen molar-refractivity contribution in [3.8, 4) is 0 Å². The van der Waals surface area contributed by atoms with E-state index in [-0.39, 0.29) is 11.6 Å². The van der Waals surface area contributed by atoms with Crippen LogP contribution in [-0.4, -0.2) is 58.5 Å². The van der Waals surface area contributed by atoms with Crippen molar-refractivity contribution in [2.45, 2.75) is 38.8 Å². The van der Waals surface area contributed by atoms with E-state index in [1.54, 1.807) is 4.90 Å². The third kappa shape index (κ3) is 3.15. The SMILES string of the molecule is CC(C)(C)OC(=O)N1CCN2c3cc(Cl)nnc3NCC2(C)C1. The summed E-state index contributed by atoms with van der Waals surface area (Å²) in [6.45, 7) is 10.3. The van der Waals surface area contributed by atoms with Crippen molar-refractivity contribution >= 4 is 29.2 Å². The largest absolute Gasteiger partial charge is 0.444 e. The van der Waals surface area contributed by atoms with Crippen LogP contribution in [0, 0.1) is 0 Å². The van der Waals surface area contributed by atoms with E-state index >= 15 is 0 Å². The first-order valence-electron chi connectivity index (χ1n) is 7.71. The lowest BCUT2D eigenvalue weighted by molar-refractivity contribution is 0.0175. The number of fused-ring (bicyclic) bond motifs is 3. The van der Waals surface area contributed by atoms with Crippen LogP contribution < -0.4 is 10.2 Å². The first-order valence-corrected chi connectivity index (χ1v) is 8.08. The van der Waals surface area contributed by atoms with Crippen LogP contribution in [0.5, 0.6) is 0 Å². The van der Waals surface area contributed by atoms with Crippen molar-refractivity contribution < 1.29 is 9.53 Å². The number of nitrogens with zero attached hydrogens (tertiary/aromatic N) is 4. The van der Waals surface area contributed by atoms with Gasteiger partial charge in [-0.25, -0.2) is 4.79 Å². The molecule has 2 aliphatic heterocycles. The Kier molecular flexibility index (Phi) is 3.78. The van der Waals surface area contributed by atoms with E-state index in [1.165, 1.54) is 0 Å². The predicted octanol–water partition coefficient (Wildman–Crippen LogP) is 2.37. The van der Waals surface area contributed by atoms with Gasteiger partial charge in [-0.1, -0.05) is 11.6 Å². The van der Waals surface area contributed by atoms with Crippen LogP contribution in [0.3, 0.4) is 0 Å². The van der Waals surface area contributed by atoms with Crippen molar-refractivity contribution in [2.24, 2.45) is 0 Å². The highest BCUT2D eigenvalue weighted by molar-refractivity contribution is 6.29. The van der Waals surface area contributed by atoms with Crippen LogP contribution in [0.4, 0.5) is 16.3 Å². The van der Waals surface area contributed by atoms with Gasteiger partial charge in [0.2, 0.25) is 0 Å². The zero-order valence-electron chi connectivity index (χ0n) is 13.9. The molecular formula is C15H22ClN5O2. The molecule has 0 spiro atoms. The zero-order chi connectivity index (χ0) is 16.8. The lowest BCUT2D eigenvalue weighted by atomic mass is 9.93. The number of piperazine rings is 1. The maximum absolute atomic E-state index is 12.4. The molecule has 1 aromatic heterocycles. The number of aromatic nitrogens is 2. The first-order chi connectivity index (χ1) is 10.7. The number of amides is 1. The highest BCUT2D eigenvalue weighted by Crippen LogP contribution is 2.37. The summed E-state index contributed by atoms with van der Waals surface area (Å²) >= 11 is 5.99. The predicted molar refractivity (Wildman–Crippen MR) is 89.1 cm³/mol. The number of hydrogen-bond donors (Lipinski definition) is 1. The zero-order valence-corrected chi connectivity index (χ0v) is 14.6. The number of ether oxygens (including phenoxy) is 1. The Balaban J connectivity index is 1.80. The molecule has 1 aromatic rings. The molecule has 0 saturated carbocycles. The molecule has 0 radical (unpaired) electrons. The molecule has 3 rings (SSSR count). The van der Waals surface area contributed by atoms with E-state index in [9.17, 15) is 4.79 Å². The molecule has 1 fully saturated rings. The fraction of sp³-hybridized carbons (Fsp3) is 0.667. The molecule has 0 bridgehead atoms. The van der Waals surface area contributed by atoms with Gasteiger partial charge < -0.3 is 19.9 Å². The van der Waals surface area contributed by atoms with Gasteiger partial charge in [0.15, 0.2) is 11.0 Å². The van der Waals surface area contributed by atoms with Crippen molar-refractivity contribution in [1.82, 2.24) is 15.1 Å². The summed E-state index contributed by atoms with van der Waals surface area (Å²) < 4.78 is 5.50. The summed E-state index contributed by atoms with van der Waals surface area (Å²) in [5, 5.41) is 11.6. The number of hydrogen-bond acceptors (Lipinski definition) is 6. The molecule has 8 heteroatoms. The van der Waals surface area contributed by atoms with E-state index in [4.69, 9.17) is 16.3 Å². The Morgan fingerprint density at radius 1 is 1.39 bits per heavy atom. The number of nitrogens with one attached hydrogen (secondary N) is 1. The maximum Gasteiger partial charge on any atom is 0.410 e. The van der Waals surface area contributed by atoms with Crippen molar-refractivity contribution in [3.05, 3.63) is 11.2 Å². The summed E-state index contributed by atoms with van der Waals surface area (Å²) in [6, 6.07) is 1.82. The highest BCUT2D eigenvalue weighted by Gasteiger charge is 2.44. The van der Waals surface area contributed by atoms with Crippen LogP contribution in [0.1, 0.15) is 27.7 Å². The monoisotopic (exact) mass is 339 g/mol. The highest BCUT2D eigenvalue weighted by atomic mass is 35.5. The van der Waals surface area contributed by atoms with Gasteiger partial charge in [0.1, 0.15) is 5.60 Å². The fourth-order valence-corrected chi connectivity index (χ4v) is 3.22. The van der Waals surface area contributed by atoms with Crippen molar-refractivity contribution in [1.29, 1.82) is 0 Å². The molecule has 1 atom stereocenters.